The second-order valence-electron chi connectivity index (χ2n) is 5.90. The van der Waals surface area contributed by atoms with Gasteiger partial charge in [0.15, 0.2) is 0 Å². The first kappa shape index (κ1) is 15.6. The lowest BCUT2D eigenvalue weighted by Gasteiger charge is -2.37. The summed E-state index contributed by atoms with van der Waals surface area (Å²) in [4.78, 5) is 25.9. The molecule has 2 atom stereocenters. The second kappa shape index (κ2) is 6.35. The van der Waals surface area contributed by atoms with Gasteiger partial charge < -0.3 is 15.7 Å². The van der Waals surface area contributed by atoms with Crippen LogP contribution in [0.5, 0.6) is 0 Å². The van der Waals surface area contributed by atoms with E-state index < -0.39 is 17.4 Å². The van der Waals surface area contributed by atoms with Crippen LogP contribution in [0, 0.1) is 5.41 Å². The van der Waals surface area contributed by atoms with Crippen LogP contribution >= 0.6 is 11.8 Å². The fraction of sp³-hybridized carbons (Fsp3) is 0.857. The number of amides is 1. The Hall–Kier alpha value is -0.750. The molecule has 20 heavy (non-hydrogen) atoms. The smallest absolute Gasteiger partial charge is 0.327 e. The van der Waals surface area contributed by atoms with Gasteiger partial charge in [-0.1, -0.05) is 25.7 Å². The average Bonchev–Trinajstić information content (AvgIpc) is 2.66. The fourth-order valence-corrected chi connectivity index (χ4v) is 4.49. The summed E-state index contributed by atoms with van der Waals surface area (Å²) in [5, 5.41) is 9.25. The van der Waals surface area contributed by atoms with Crippen LogP contribution in [0.25, 0.3) is 0 Å². The number of hydrogen-bond donors (Lipinski definition) is 2. The van der Waals surface area contributed by atoms with Crippen molar-refractivity contribution in [3.63, 3.8) is 0 Å². The van der Waals surface area contributed by atoms with E-state index >= 15 is 0 Å². The Labute approximate surface area is 124 Å². The van der Waals surface area contributed by atoms with Crippen LogP contribution in [0.2, 0.25) is 0 Å². The molecule has 0 radical (unpaired) electrons. The quantitative estimate of drug-likeness (QED) is 0.774. The van der Waals surface area contributed by atoms with Crippen LogP contribution in [-0.2, 0) is 9.59 Å². The zero-order chi connectivity index (χ0) is 14.8. The highest BCUT2D eigenvalue weighted by atomic mass is 32.2. The van der Waals surface area contributed by atoms with Crippen molar-refractivity contribution in [1.29, 1.82) is 0 Å². The molecule has 2 fully saturated rings. The van der Waals surface area contributed by atoms with Gasteiger partial charge in [-0.3, -0.25) is 4.79 Å². The van der Waals surface area contributed by atoms with Gasteiger partial charge in [0.2, 0.25) is 5.91 Å². The topological polar surface area (TPSA) is 83.6 Å². The second-order valence-corrected chi connectivity index (χ2v) is 7.25. The number of nitrogens with two attached hydrogens (primary N) is 1. The summed E-state index contributed by atoms with van der Waals surface area (Å²) in [5.74, 6) is -0.467. The van der Waals surface area contributed by atoms with Gasteiger partial charge >= 0.3 is 5.97 Å². The number of hydrogen-bond acceptors (Lipinski definition) is 4. The highest BCUT2D eigenvalue weighted by Gasteiger charge is 2.47. The lowest BCUT2D eigenvalue weighted by molar-refractivity contribution is -0.154. The maximum absolute atomic E-state index is 13.0. The van der Waals surface area contributed by atoms with Crippen molar-refractivity contribution in [1.82, 2.24) is 4.90 Å². The molecule has 2 rings (SSSR count). The van der Waals surface area contributed by atoms with Crippen molar-refractivity contribution in [3.8, 4) is 0 Å². The third kappa shape index (κ3) is 2.81. The van der Waals surface area contributed by atoms with E-state index in [9.17, 15) is 14.7 Å². The lowest BCUT2D eigenvalue weighted by atomic mass is 9.78. The molecule has 0 bridgehead atoms. The SMILES string of the molecule is CC1SCC(C(=O)O)N1C(=O)C1(CN)CCCCCC1. The van der Waals surface area contributed by atoms with Crippen LogP contribution in [0.15, 0.2) is 0 Å². The first-order valence-electron chi connectivity index (χ1n) is 7.39. The van der Waals surface area contributed by atoms with Crippen LogP contribution in [0.4, 0.5) is 0 Å². The van der Waals surface area contributed by atoms with Gasteiger partial charge in [0.05, 0.1) is 10.8 Å². The third-order valence-electron chi connectivity index (χ3n) is 4.65. The van der Waals surface area contributed by atoms with Gasteiger partial charge in [0.25, 0.3) is 0 Å². The van der Waals surface area contributed by atoms with E-state index in [4.69, 9.17) is 5.73 Å². The minimum atomic E-state index is -0.906. The zero-order valence-electron chi connectivity index (χ0n) is 12.0. The predicted octanol–water partition coefficient (Wildman–Crippen LogP) is 1.66. The Bertz CT molecular complexity index is 381. The van der Waals surface area contributed by atoms with E-state index in [0.717, 1.165) is 38.5 Å². The monoisotopic (exact) mass is 300 g/mol. The lowest BCUT2D eigenvalue weighted by Crippen LogP contribution is -2.53. The van der Waals surface area contributed by atoms with E-state index in [1.54, 1.807) is 4.90 Å². The van der Waals surface area contributed by atoms with Crippen molar-refractivity contribution >= 4 is 23.6 Å². The molecule has 5 nitrogen and oxygen atoms in total. The molecule has 3 N–H and O–H groups in total. The van der Waals surface area contributed by atoms with E-state index in [1.807, 2.05) is 6.92 Å². The van der Waals surface area contributed by atoms with Gasteiger partial charge in [0, 0.05) is 12.3 Å². The fourth-order valence-electron chi connectivity index (χ4n) is 3.33. The molecule has 1 saturated heterocycles. The Kier molecular flexibility index (Phi) is 4.96. The largest absolute Gasteiger partial charge is 0.480 e. The summed E-state index contributed by atoms with van der Waals surface area (Å²) in [6.07, 6.45) is 5.89. The van der Waals surface area contributed by atoms with Gasteiger partial charge in [-0.2, -0.15) is 0 Å². The average molecular weight is 300 g/mol. The number of carboxylic acid groups (broad SMARTS) is 1. The molecule has 1 heterocycles. The number of nitrogens with zero attached hydrogens (tertiary/aromatic N) is 1. The molecule has 0 aromatic heterocycles. The maximum atomic E-state index is 13.0. The first-order chi connectivity index (χ1) is 9.52. The van der Waals surface area contributed by atoms with Crippen LogP contribution < -0.4 is 5.73 Å². The minimum Gasteiger partial charge on any atom is -0.480 e. The molecular formula is C14H24N2O3S. The van der Waals surface area contributed by atoms with Gasteiger partial charge in [-0.25, -0.2) is 4.79 Å². The molecule has 114 valence electrons. The van der Waals surface area contributed by atoms with Gasteiger partial charge in [-0.15, -0.1) is 11.8 Å². The molecule has 1 aliphatic carbocycles. The highest BCUT2D eigenvalue weighted by molar-refractivity contribution is 8.00. The Morgan fingerprint density at radius 1 is 1.30 bits per heavy atom. The standard InChI is InChI=1S/C14H24N2O3S/c1-10-16(11(8-20-10)12(17)18)13(19)14(9-15)6-4-2-3-5-7-14/h10-11H,2-9,15H2,1H3,(H,17,18). The summed E-state index contributed by atoms with van der Waals surface area (Å²) in [6.45, 7) is 2.23. The zero-order valence-corrected chi connectivity index (χ0v) is 12.8. The van der Waals surface area contributed by atoms with E-state index in [1.165, 1.54) is 11.8 Å². The number of carbonyl (C=O) groups is 2. The van der Waals surface area contributed by atoms with E-state index in [0.29, 0.717) is 12.3 Å². The number of aliphatic carboxylic acids is 1. The molecule has 0 aromatic carbocycles. The molecule has 1 aliphatic heterocycles. The Balaban J connectivity index is 2.24. The van der Waals surface area contributed by atoms with Crippen LogP contribution in [0.3, 0.4) is 0 Å². The highest BCUT2D eigenvalue weighted by Crippen LogP contribution is 2.40. The Morgan fingerprint density at radius 2 is 1.90 bits per heavy atom. The maximum Gasteiger partial charge on any atom is 0.327 e. The van der Waals surface area contributed by atoms with Gasteiger partial charge in [-0.05, 0) is 19.8 Å². The summed E-state index contributed by atoms with van der Waals surface area (Å²) < 4.78 is 0. The summed E-state index contributed by atoms with van der Waals surface area (Å²) in [7, 11) is 0. The van der Waals surface area contributed by atoms with E-state index in [2.05, 4.69) is 0 Å². The van der Waals surface area contributed by atoms with E-state index in [-0.39, 0.29) is 11.3 Å². The molecule has 2 unspecified atom stereocenters. The van der Waals surface area contributed by atoms with Crippen LogP contribution in [-0.4, -0.2) is 45.6 Å². The predicted molar refractivity (Wildman–Crippen MR) is 79.4 cm³/mol. The molecule has 2 aliphatic rings. The van der Waals surface area contributed by atoms with Gasteiger partial charge in [0.1, 0.15) is 6.04 Å². The summed E-state index contributed by atoms with van der Waals surface area (Å²) in [5.41, 5.74) is 5.40. The molecule has 0 aromatic rings. The molecular weight excluding hydrogens is 276 g/mol. The Morgan fingerprint density at radius 3 is 2.40 bits per heavy atom. The van der Waals surface area contributed by atoms with Crippen molar-refractivity contribution in [2.75, 3.05) is 12.3 Å². The van der Waals surface area contributed by atoms with Crippen molar-refractivity contribution in [3.05, 3.63) is 0 Å². The molecule has 1 saturated carbocycles. The third-order valence-corrected chi connectivity index (χ3v) is 5.87. The van der Waals surface area contributed by atoms with Crippen molar-refractivity contribution in [2.45, 2.75) is 56.9 Å². The number of rotatable bonds is 3. The molecule has 0 spiro atoms. The summed E-state index contributed by atoms with van der Waals surface area (Å²) >= 11 is 1.53. The number of carboxylic acids is 1. The first-order valence-corrected chi connectivity index (χ1v) is 8.44. The molecule has 1 amide bonds. The number of carbonyl (C=O) groups excluding carboxylic acids is 1. The minimum absolute atomic E-state index is 0.0354. The van der Waals surface area contributed by atoms with Crippen LogP contribution in [0.1, 0.15) is 45.4 Å². The summed E-state index contributed by atoms with van der Waals surface area (Å²) in [6, 6.07) is -0.700. The number of thioether (sulfide) groups is 1. The van der Waals surface area contributed by atoms with Crippen molar-refractivity contribution in [2.24, 2.45) is 11.1 Å². The van der Waals surface area contributed by atoms with Crippen molar-refractivity contribution < 1.29 is 14.7 Å². The molecule has 6 heteroatoms. The normalized spacial score (nSPS) is 30.0.